The molecule has 0 radical (unpaired) electrons. The zero-order valence-electron chi connectivity index (χ0n) is 10.7. The van der Waals surface area contributed by atoms with Gasteiger partial charge in [0.25, 0.3) is 0 Å². The summed E-state index contributed by atoms with van der Waals surface area (Å²) >= 11 is 0. The third-order valence-electron chi connectivity index (χ3n) is 3.68. The van der Waals surface area contributed by atoms with Crippen molar-refractivity contribution in [3.63, 3.8) is 0 Å². The SMILES string of the molecule is Cc1n[nH]c(C)c1NC1CCN(C)C(C)C1. The van der Waals surface area contributed by atoms with Crippen molar-refractivity contribution < 1.29 is 0 Å². The molecule has 0 aliphatic carbocycles. The lowest BCUT2D eigenvalue weighted by Gasteiger charge is -2.35. The summed E-state index contributed by atoms with van der Waals surface area (Å²) in [4.78, 5) is 2.42. The lowest BCUT2D eigenvalue weighted by atomic mass is 9.98. The molecule has 1 fully saturated rings. The minimum atomic E-state index is 0.584. The molecule has 4 nitrogen and oxygen atoms in total. The molecular formula is C12H22N4. The van der Waals surface area contributed by atoms with Crippen molar-refractivity contribution in [2.75, 3.05) is 18.9 Å². The van der Waals surface area contributed by atoms with E-state index in [1.165, 1.54) is 25.1 Å². The molecule has 2 heterocycles. The summed E-state index contributed by atoms with van der Waals surface area (Å²) in [6, 6.07) is 1.25. The van der Waals surface area contributed by atoms with Crippen LogP contribution in [-0.2, 0) is 0 Å². The van der Waals surface area contributed by atoms with Crippen molar-refractivity contribution in [3.05, 3.63) is 11.4 Å². The average Bonchev–Trinajstić information content (AvgIpc) is 2.55. The predicted molar refractivity (Wildman–Crippen MR) is 66.8 cm³/mol. The highest BCUT2D eigenvalue weighted by molar-refractivity contribution is 5.52. The second kappa shape index (κ2) is 4.45. The Morgan fingerprint density at radius 1 is 1.44 bits per heavy atom. The van der Waals surface area contributed by atoms with Crippen molar-refractivity contribution >= 4 is 5.69 Å². The van der Waals surface area contributed by atoms with Crippen LogP contribution < -0.4 is 5.32 Å². The van der Waals surface area contributed by atoms with Crippen molar-refractivity contribution in [2.24, 2.45) is 0 Å². The lowest BCUT2D eigenvalue weighted by molar-refractivity contribution is 0.190. The lowest BCUT2D eigenvalue weighted by Crippen LogP contribution is -2.42. The molecule has 1 saturated heterocycles. The summed E-state index contributed by atoms with van der Waals surface area (Å²) < 4.78 is 0. The molecule has 16 heavy (non-hydrogen) atoms. The summed E-state index contributed by atoms with van der Waals surface area (Å²) in [5.74, 6) is 0. The van der Waals surface area contributed by atoms with E-state index in [0.717, 1.165) is 11.4 Å². The predicted octanol–water partition coefficient (Wildman–Crippen LogP) is 1.92. The first kappa shape index (κ1) is 11.5. The Morgan fingerprint density at radius 2 is 2.19 bits per heavy atom. The third-order valence-corrected chi connectivity index (χ3v) is 3.68. The van der Waals surface area contributed by atoms with Crippen molar-refractivity contribution in [3.8, 4) is 0 Å². The molecule has 2 unspecified atom stereocenters. The van der Waals surface area contributed by atoms with Gasteiger partial charge in [-0.05, 0) is 40.7 Å². The number of aromatic amines is 1. The van der Waals surface area contributed by atoms with Gasteiger partial charge in [0, 0.05) is 18.6 Å². The van der Waals surface area contributed by atoms with Crippen molar-refractivity contribution in [1.29, 1.82) is 0 Å². The van der Waals surface area contributed by atoms with Gasteiger partial charge in [-0.2, -0.15) is 5.10 Å². The van der Waals surface area contributed by atoms with Crippen molar-refractivity contribution in [2.45, 2.75) is 45.7 Å². The summed E-state index contributed by atoms with van der Waals surface area (Å²) in [5, 5.41) is 10.9. The van der Waals surface area contributed by atoms with Gasteiger partial charge in [-0.3, -0.25) is 5.10 Å². The zero-order chi connectivity index (χ0) is 11.7. The van der Waals surface area contributed by atoms with E-state index in [2.05, 4.69) is 41.3 Å². The molecule has 2 rings (SSSR count). The van der Waals surface area contributed by atoms with Gasteiger partial charge in [-0.15, -0.1) is 0 Å². The molecule has 1 aromatic rings. The highest BCUT2D eigenvalue weighted by atomic mass is 15.2. The maximum Gasteiger partial charge on any atom is 0.0825 e. The number of aryl methyl sites for hydroxylation is 2. The van der Waals surface area contributed by atoms with Crippen LogP contribution in [0.3, 0.4) is 0 Å². The van der Waals surface area contributed by atoms with Crippen LogP contribution in [-0.4, -0.2) is 40.8 Å². The maximum atomic E-state index is 4.22. The van der Waals surface area contributed by atoms with Crippen LogP contribution >= 0.6 is 0 Å². The second-order valence-corrected chi connectivity index (χ2v) is 5.00. The molecular weight excluding hydrogens is 200 g/mol. The van der Waals surface area contributed by atoms with E-state index in [1.807, 2.05) is 6.92 Å². The summed E-state index contributed by atoms with van der Waals surface area (Å²) in [5.41, 5.74) is 3.41. The van der Waals surface area contributed by atoms with E-state index in [4.69, 9.17) is 0 Å². The molecule has 1 aromatic heterocycles. The van der Waals surface area contributed by atoms with E-state index < -0.39 is 0 Å². The topological polar surface area (TPSA) is 44.0 Å². The Bertz CT molecular complexity index is 338. The standard InChI is InChI=1S/C12H22N4/c1-8-7-11(5-6-16(8)4)13-12-9(2)14-15-10(12)3/h8,11,13H,5-7H2,1-4H3,(H,14,15). The van der Waals surface area contributed by atoms with Crippen LogP contribution in [0.4, 0.5) is 5.69 Å². The fourth-order valence-corrected chi connectivity index (χ4v) is 2.39. The number of nitrogens with zero attached hydrogens (tertiary/aromatic N) is 2. The van der Waals surface area contributed by atoms with Crippen LogP contribution in [0.2, 0.25) is 0 Å². The second-order valence-electron chi connectivity index (χ2n) is 5.00. The molecule has 1 aliphatic heterocycles. The summed E-state index contributed by atoms with van der Waals surface area (Å²) in [6.07, 6.45) is 2.42. The Hall–Kier alpha value is -1.03. The molecule has 0 saturated carbocycles. The normalized spacial score (nSPS) is 27.0. The quantitative estimate of drug-likeness (QED) is 0.803. The van der Waals surface area contributed by atoms with Gasteiger partial charge in [-0.25, -0.2) is 0 Å². The van der Waals surface area contributed by atoms with E-state index in [-0.39, 0.29) is 0 Å². The number of piperidine rings is 1. The number of aromatic nitrogens is 2. The molecule has 1 aliphatic rings. The number of likely N-dealkylation sites (tertiary alicyclic amines) is 1. The van der Waals surface area contributed by atoms with Gasteiger partial charge in [0.1, 0.15) is 0 Å². The minimum Gasteiger partial charge on any atom is -0.379 e. The van der Waals surface area contributed by atoms with Crippen LogP contribution in [0, 0.1) is 13.8 Å². The number of nitrogens with one attached hydrogen (secondary N) is 2. The molecule has 0 bridgehead atoms. The molecule has 0 spiro atoms. The molecule has 0 amide bonds. The van der Waals surface area contributed by atoms with E-state index in [9.17, 15) is 0 Å². The largest absolute Gasteiger partial charge is 0.379 e. The van der Waals surface area contributed by atoms with Gasteiger partial charge in [0.05, 0.1) is 17.1 Å². The Kier molecular flexibility index (Phi) is 3.19. The molecule has 0 aromatic carbocycles. The monoisotopic (exact) mass is 222 g/mol. The molecule has 2 atom stereocenters. The number of hydrogen-bond donors (Lipinski definition) is 2. The number of rotatable bonds is 2. The molecule has 90 valence electrons. The van der Waals surface area contributed by atoms with E-state index in [1.54, 1.807) is 0 Å². The zero-order valence-corrected chi connectivity index (χ0v) is 10.7. The Morgan fingerprint density at radius 3 is 2.75 bits per heavy atom. The van der Waals surface area contributed by atoms with Gasteiger partial charge in [-0.1, -0.05) is 0 Å². The number of anilines is 1. The third kappa shape index (κ3) is 2.21. The molecule has 4 heteroatoms. The first-order valence-corrected chi connectivity index (χ1v) is 6.06. The highest BCUT2D eigenvalue weighted by Gasteiger charge is 2.23. The van der Waals surface area contributed by atoms with Crippen LogP contribution in [0.25, 0.3) is 0 Å². The first-order valence-electron chi connectivity index (χ1n) is 6.06. The fraction of sp³-hybridized carbons (Fsp3) is 0.750. The summed E-state index contributed by atoms with van der Waals surface area (Å²) in [7, 11) is 2.20. The smallest absolute Gasteiger partial charge is 0.0825 e. The van der Waals surface area contributed by atoms with Gasteiger partial charge in [0.2, 0.25) is 0 Å². The van der Waals surface area contributed by atoms with Gasteiger partial charge in [0.15, 0.2) is 0 Å². The maximum absolute atomic E-state index is 4.22. The first-order chi connectivity index (χ1) is 7.58. The Balaban J connectivity index is 2.00. The summed E-state index contributed by atoms with van der Waals surface area (Å²) in [6.45, 7) is 7.59. The number of H-pyrrole nitrogens is 1. The van der Waals surface area contributed by atoms with Gasteiger partial charge < -0.3 is 10.2 Å². The van der Waals surface area contributed by atoms with Crippen molar-refractivity contribution in [1.82, 2.24) is 15.1 Å². The number of hydrogen-bond acceptors (Lipinski definition) is 3. The van der Waals surface area contributed by atoms with Crippen LogP contribution in [0.1, 0.15) is 31.2 Å². The molecule has 2 N–H and O–H groups in total. The van der Waals surface area contributed by atoms with E-state index in [0.29, 0.717) is 12.1 Å². The Labute approximate surface area is 97.4 Å². The van der Waals surface area contributed by atoms with Gasteiger partial charge >= 0.3 is 0 Å². The highest BCUT2D eigenvalue weighted by Crippen LogP contribution is 2.23. The van der Waals surface area contributed by atoms with E-state index >= 15 is 0 Å². The average molecular weight is 222 g/mol. The van der Waals surface area contributed by atoms with Crippen LogP contribution in [0.15, 0.2) is 0 Å². The minimum absolute atomic E-state index is 0.584. The van der Waals surface area contributed by atoms with Crippen LogP contribution in [0.5, 0.6) is 0 Å². The fourth-order valence-electron chi connectivity index (χ4n) is 2.39.